The number of nitrogens with zero attached hydrogens (tertiary/aromatic N) is 5. The van der Waals surface area contributed by atoms with Gasteiger partial charge in [0.1, 0.15) is 17.5 Å². The molecule has 33 heavy (non-hydrogen) atoms. The van der Waals surface area contributed by atoms with Gasteiger partial charge in [-0.2, -0.15) is 0 Å². The smallest absolute Gasteiger partial charge is 0.232 e. The van der Waals surface area contributed by atoms with Gasteiger partial charge in [-0.25, -0.2) is 15.0 Å². The Morgan fingerprint density at radius 2 is 1.88 bits per heavy atom. The Hall–Kier alpha value is -4.33. The van der Waals surface area contributed by atoms with Gasteiger partial charge in [-0.3, -0.25) is 9.78 Å². The summed E-state index contributed by atoms with van der Waals surface area (Å²) in [7, 11) is 1.76. The predicted octanol–water partition coefficient (Wildman–Crippen LogP) is 4.10. The van der Waals surface area contributed by atoms with E-state index < -0.39 is 0 Å². The summed E-state index contributed by atoms with van der Waals surface area (Å²) < 4.78 is 0. The van der Waals surface area contributed by atoms with Crippen molar-refractivity contribution < 1.29 is 4.79 Å². The van der Waals surface area contributed by atoms with Crippen molar-refractivity contribution in [3.05, 3.63) is 71.9 Å². The number of carbonyl (C=O) groups is 1. The molecule has 1 aliphatic heterocycles. The van der Waals surface area contributed by atoms with E-state index in [1.54, 1.807) is 30.5 Å². The molecule has 1 aliphatic rings. The zero-order valence-electron chi connectivity index (χ0n) is 18.6. The summed E-state index contributed by atoms with van der Waals surface area (Å²) in [5.41, 5.74) is 11.7. The number of hydrogen-bond donors (Lipinski definition) is 2. The van der Waals surface area contributed by atoms with Crippen LogP contribution in [0.15, 0.2) is 55.1 Å². The molecule has 3 N–H and O–H groups in total. The molecule has 8 nitrogen and oxygen atoms in total. The van der Waals surface area contributed by atoms with E-state index in [0.29, 0.717) is 17.5 Å². The Morgan fingerprint density at radius 1 is 1.03 bits per heavy atom. The third-order valence-electron chi connectivity index (χ3n) is 5.81. The second kappa shape index (κ2) is 7.98. The van der Waals surface area contributed by atoms with E-state index >= 15 is 0 Å². The van der Waals surface area contributed by atoms with E-state index in [1.165, 1.54) is 0 Å². The van der Waals surface area contributed by atoms with Crippen LogP contribution in [0.5, 0.6) is 0 Å². The Labute approximate surface area is 191 Å². The number of nitrogens with one attached hydrogen (secondary N) is 1. The first-order chi connectivity index (χ1) is 15.9. The third-order valence-corrected chi connectivity index (χ3v) is 5.81. The molecule has 0 aliphatic carbocycles. The van der Waals surface area contributed by atoms with E-state index in [0.717, 1.165) is 44.4 Å². The number of anilines is 3. The van der Waals surface area contributed by atoms with Crippen LogP contribution in [0.3, 0.4) is 0 Å². The Kier molecular flexibility index (Phi) is 4.97. The molecule has 0 unspecified atom stereocenters. The monoisotopic (exact) mass is 437 g/mol. The van der Waals surface area contributed by atoms with Crippen LogP contribution in [0.4, 0.5) is 17.5 Å². The SMILES string of the molecule is CC1=CN(C)C(=O)Cc2nc(Nc3cc4cc(-c5cnccc5C)nc(N)c4cn3)ccc21. The summed E-state index contributed by atoms with van der Waals surface area (Å²) in [6.45, 7) is 4.00. The average Bonchev–Trinajstić information content (AvgIpc) is 2.89. The maximum Gasteiger partial charge on any atom is 0.232 e. The molecule has 0 fully saturated rings. The number of aromatic nitrogens is 4. The number of rotatable bonds is 3. The van der Waals surface area contributed by atoms with Gasteiger partial charge < -0.3 is 16.0 Å². The number of nitrogens with two attached hydrogens (primary N) is 1. The fraction of sp³-hybridized carbons (Fsp3) is 0.160. The Balaban J connectivity index is 1.50. The minimum absolute atomic E-state index is 0.00257. The van der Waals surface area contributed by atoms with Gasteiger partial charge in [0.05, 0.1) is 17.8 Å². The lowest BCUT2D eigenvalue weighted by atomic mass is 10.1. The van der Waals surface area contributed by atoms with Crippen LogP contribution in [0.25, 0.3) is 27.6 Å². The number of likely N-dealkylation sites (N-methyl/N-ethyl adjacent to an activating group) is 1. The topological polar surface area (TPSA) is 110 Å². The number of fused-ring (bicyclic) bond motifs is 2. The van der Waals surface area contributed by atoms with Crippen LogP contribution in [0, 0.1) is 6.92 Å². The molecule has 0 bridgehead atoms. The number of nitrogen functional groups attached to an aromatic ring is 1. The number of hydrogen-bond acceptors (Lipinski definition) is 7. The van der Waals surface area contributed by atoms with E-state index in [9.17, 15) is 4.79 Å². The fourth-order valence-corrected chi connectivity index (χ4v) is 4.01. The molecule has 8 heteroatoms. The van der Waals surface area contributed by atoms with Gasteiger partial charge in [0.25, 0.3) is 0 Å². The minimum atomic E-state index is 0.00257. The first kappa shape index (κ1) is 20.6. The van der Waals surface area contributed by atoms with Crippen LogP contribution < -0.4 is 11.1 Å². The molecular formula is C25H23N7O. The van der Waals surface area contributed by atoms with Crippen LogP contribution in [-0.4, -0.2) is 37.8 Å². The van der Waals surface area contributed by atoms with Gasteiger partial charge in [0.2, 0.25) is 5.91 Å². The van der Waals surface area contributed by atoms with Gasteiger partial charge in [0, 0.05) is 48.4 Å². The van der Waals surface area contributed by atoms with Crippen LogP contribution >= 0.6 is 0 Å². The van der Waals surface area contributed by atoms with E-state index in [-0.39, 0.29) is 12.3 Å². The lowest BCUT2D eigenvalue weighted by molar-refractivity contribution is -0.126. The van der Waals surface area contributed by atoms with Crippen LogP contribution in [-0.2, 0) is 11.2 Å². The Bertz CT molecular complexity index is 1440. The predicted molar refractivity (Wildman–Crippen MR) is 130 cm³/mol. The normalized spacial score (nSPS) is 13.5. The molecular weight excluding hydrogens is 414 g/mol. The fourth-order valence-electron chi connectivity index (χ4n) is 4.01. The maximum absolute atomic E-state index is 12.3. The van der Waals surface area contributed by atoms with Gasteiger partial charge in [0.15, 0.2) is 0 Å². The first-order valence-corrected chi connectivity index (χ1v) is 10.6. The highest BCUT2D eigenvalue weighted by atomic mass is 16.2. The van der Waals surface area contributed by atoms with Gasteiger partial charge >= 0.3 is 0 Å². The summed E-state index contributed by atoms with van der Waals surface area (Å²) in [6, 6.07) is 9.72. The van der Waals surface area contributed by atoms with Crippen molar-refractivity contribution in [1.82, 2.24) is 24.8 Å². The lowest BCUT2D eigenvalue weighted by Crippen LogP contribution is -2.22. The largest absolute Gasteiger partial charge is 0.383 e. The zero-order chi connectivity index (χ0) is 23.1. The van der Waals surface area contributed by atoms with Crippen LogP contribution in [0.2, 0.25) is 0 Å². The second-order valence-corrected chi connectivity index (χ2v) is 8.18. The van der Waals surface area contributed by atoms with Crippen molar-refractivity contribution in [1.29, 1.82) is 0 Å². The molecule has 164 valence electrons. The summed E-state index contributed by atoms with van der Waals surface area (Å²) >= 11 is 0. The molecule has 5 heterocycles. The number of pyridine rings is 4. The highest BCUT2D eigenvalue weighted by Gasteiger charge is 2.19. The summed E-state index contributed by atoms with van der Waals surface area (Å²) in [5.74, 6) is 1.66. The average molecular weight is 438 g/mol. The third kappa shape index (κ3) is 3.87. The van der Waals surface area contributed by atoms with Crippen molar-refractivity contribution in [2.45, 2.75) is 20.3 Å². The van der Waals surface area contributed by atoms with Crippen LogP contribution in [0.1, 0.15) is 23.7 Å². The highest BCUT2D eigenvalue weighted by Crippen LogP contribution is 2.30. The highest BCUT2D eigenvalue weighted by molar-refractivity contribution is 5.95. The Morgan fingerprint density at radius 3 is 2.70 bits per heavy atom. The quantitative estimate of drug-likeness (QED) is 0.496. The molecule has 0 saturated heterocycles. The van der Waals surface area contributed by atoms with Crippen molar-refractivity contribution in [2.24, 2.45) is 0 Å². The minimum Gasteiger partial charge on any atom is -0.383 e. The lowest BCUT2D eigenvalue weighted by Gasteiger charge is -2.12. The second-order valence-electron chi connectivity index (χ2n) is 8.18. The summed E-state index contributed by atoms with van der Waals surface area (Å²) in [5, 5.41) is 4.94. The standard InChI is InChI=1S/C25H23N7O/c1-14-6-7-27-11-18(14)20-8-16-9-23(28-12-19(16)25(26)30-20)31-22-5-4-17-15(2)13-32(3)24(33)10-21(17)29-22/h4-9,11-13H,10H2,1-3H3,(H2,26,30)(H,28,29,31). The molecule has 1 amide bonds. The number of carbonyl (C=O) groups excluding carboxylic acids is 1. The zero-order valence-corrected chi connectivity index (χ0v) is 18.6. The van der Waals surface area contributed by atoms with E-state index in [4.69, 9.17) is 10.7 Å². The van der Waals surface area contributed by atoms with E-state index in [1.807, 2.05) is 50.4 Å². The molecule has 4 aromatic heterocycles. The number of aryl methyl sites for hydroxylation is 1. The summed E-state index contributed by atoms with van der Waals surface area (Å²) in [6.07, 6.45) is 7.34. The molecule has 0 saturated carbocycles. The van der Waals surface area contributed by atoms with Gasteiger partial charge in [-0.15, -0.1) is 0 Å². The van der Waals surface area contributed by atoms with Gasteiger partial charge in [-0.05, 0) is 60.7 Å². The van der Waals surface area contributed by atoms with Crippen molar-refractivity contribution in [2.75, 3.05) is 18.1 Å². The van der Waals surface area contributed by atoms with Crippen molar-refractivity contribution in [3.8, 4) is 11.3 Å². The first-order valence-electron chi connectivity index (χ1n) is 10.6. The molecule has 0 radical (unpaired) electrons. The van der Waals surface area contributed by atoms with Gasteiger partial charge in [-0.1, -0.05) is 0 Å². The molecule has 0 spiro atoms. The molecule has 0 atom stereocenters. The van der Waals surface area contributed by atoms with Crippen molar-refractivity contribution in [3.63, 3.8) is 0 Å². The summed E-state index contributed by atoms with van der Waals surface area (Å²) in [4.78, 5) is 31.9. The number of allylic oxidation sites excluding steroid dienone is 1. The maximum atomic E-state index is 12.3. The number of amides is 1. The molecule has 4 aromatic rings. The van der Waals surface area contributed by atoms with Crippen molar-refractivity contribution >= 4 is 39.7 Å². The molecule has 0 aromatic carbocycles. The van der Waals surface area contributed by atoms with E-state index in [2.05, 4.69) is 20.3 Å². The molecule has 5 rings (SSSR count).